The highest BCUT2D eigenvalue weighted by Crippen LogP contribution is 2.10. The van der Waals surface area contributed by atoms with Gasteiger partial charge >= 0.3 is 0 Å². The molecule has 0 radical (unpaired) electrons. The number of imidazole rings is 1. The third kappa shape index (κ3) is 2.07. The van der Waals surface area contributed by atoms with Crippen molar-refractivity contribution in [2.45, 2.75) is 20.1 Å². The first-order valence-corrected chi connectivity index (χ1v) is 4.95. The van der Waals surface area contributed by atoms with Crippen LogP contribution in [0.5, 0.6) is 0 Å². The van der Waals surface area contributed by atoms with E-state index in [1.54, 1.807) is 12.5 Å². The lowest BCUT2D eigenvalue weighted by atomic mass is 10.1. The molecule has 1 aromatic heterocycles. The lowest BCUT2D eigenvalue weighted by Crippen LogP contribution is -2.04. The first-order chi connectivity index (χ1) is 7.31. The third-order valence-electron chi connectivity index (χ3n) is 2.56. The molecular weight excluding hydrogens is 188 g/mol. The fraction of sp³-hybridized carbons (Fsp3) is 0.250. The van der Waals surface area contributed by atoms with Crippen molar-refractivity contribution in [3.05, 3.63) is 53.6 Å². The van der Waals surface area contributed by atoms with E-state index in [0.717, 1.165) is 12.2 Å². The van der Waals surface area contributed by atoms with E-state index >= 15 is 0 Å². The van der Waals surface area contributed by atoms with Gasteiger partial charge in [0.2, 0.25) is 0 Å². The van der Waals surface area contributed by atoms with Gasteiger partial charge in [0.1, 0.15) is 0 Å². The van der Waals surface area contributed by atoms with Gasteiger partial charge in [-0.15, -0.1) is 0 Å². The molecule has 78 valence electrons. The average molecular weight is 202 g/mol. The summed E-state index contributed by atoms with van der Waals surface area (Å²) >= 11 is 0. The van der Waals surface area contributed by atoms with Crippen molar-refractivity contribution in [1.82, 2.24) is 9.55 Å². The van der Waals surface area contributed by atoms with E-state index in [1.165, 1.54) is 11.1 Å². The number of hydrogen-bond acceptors (Lipinski definition) is 2. The Labute approximate surface area is 89.0 Å². The molecule has 0 spiro atoms. The van der Waals surface area contributed by atoms with Crippen LogP contribution in [0.1, 0.15) is 16.8 Å². The Morgan fingerprint density at radius 1 is 1.33 bits per heavy atom. The Kier molecular flexibility index (Phi) is 2.83. The van der Waals surface area contributed by atoms with Crippen LogP contribution in [0, 0.1) is 6.92 Å². The van der Waals surface area contributed by atoms with Gasteiger partial charge in [-0.1, -0.05) is 24.3 Å². The molecule has 2 rings (SSSR count). The Bertz CT molecular complexity index is 448. The zero-order chi connectivity index (χ0) is 10.7. The zero-order valence-electron chi connectivity index (χ0n) is 8.72. The van der Waals surface area contributed by atoms with Crippen LogP contribution in [0.15, 0.2) is 36.8 Å². The molecule has 0 atom stereocenters. The zero-order valence-corrected chi connectivity index (χ0v) is 8.72. The maximum Gasteiger partial charge on any atom is 0.0952 e. The van der Waals surface area contributed by atoms with E-state index in [-0.39, 0.29) is 6.61 Å². The minimum Gasteiger partial charge on any atom is -0.390 e. The normalized spacial score (nSPS) is 10.5. The fourth-order valence-electron chi connectivity index (χ4n) is 1.59. The molecule has 0 bridgehead atoms. The molecule has 3 nitrogen and oxygen atoms in total. The number of aliphatic hydroxyl groups excluding tert-OH is 1. The number of hydrogen-bond donors (Lipinski definition) is 1. The minimum atomic E-state index is 0.0336. The van der Waals surface area contributed by atoms with Crippen LogP contribution in [0.2, 0.25) is 0 Å². The predicted molar refractivity (Wildman–Crippen MR) is 58.4 cm³/mol. The van der Waals surface area contributed by atoms with Crippen molar-refractivity contribution in [2.75, 3.05) is 0 Å². The topological polar surface area (TPSA) is 38.0 Å². The summed E-state index contributed by atoms with van der Waals surface area (Å²) in [5.74, 6) is 0. The summed E-state index contributed by atoms with van der Waals surface area (Å²) in [4.78, 5) is 4.02. The minimum absolute atomic E-state index is 0.0336. The standard InChI is InChI=1S/C12H14N2O/c1-10-4-2-3-5-11(10)7-14-9-13-6-12(14)8-15/h2-6,9,15H,7-8H2,1H3. The van der Waals surface area contributed by atoms with Gasteiger partial charge in [-0.3, -0.25) is 0 Å². The van der Waals surface area contributed by atoms with Gasteiger partial charge in [0.05, 0.1) is 24.8 Å². The van der Waals surface area contributed by atoms with E-state index in [2.05, 4.69) is 24.0 Å². The Morgan fingerprint density at radius 3 is 2.87 bits per heavy atom. The van der Waals surface area contributed by atoms with Gasteiger partial charge in [0.25, 0.3) is 0 Å². The van der Waals surface area contributed by atoms with Gasteiger partial charge in [-0.05, 0) is 18.1 Å². The number of rotatable bonds is 3. The number of benzene rings is 1. The molecule has 1 aromatic carbocycles. The van der Waals surface area contributed by atoms with E-state index in [0.29, 0.717) is 0 Å². The van der Waals surface area contributed by atoms with E-state index in [9.17, 15) is 0 Å². The summed E-state index contributed by atoms with van der Waals surface area (Å²) in [6.45, 7) is 2.89. The number of aromatic nitrogens is 2. The van der Waals surface area contributed by atoms with Gasteiger partial charge in [-0.2, -0.15) is 0 Å². The molecule has 0 saturated heterocycles. The molecule has 0 aliphatic carbocycles. The quantitative estimate of drug-likeness (QED) is 0.823. The molecule has 0 unspecified atom stereocenters. The predicted octanol–water partition coefficient (Wildman–Crippen LogP) is 1.73. The Hall–Kier alpha value is -1.61. The largest absolute Gasteiger partial charge is 0.390 e. The first-order valence-electron chi connectivity index (χ1n) is 4.95. The molecule has 0 amide bonds. The summed E-state index contributed by atoms with van der Waals surface area (Å²) in [6.07, 6.45) is 3.44. The molecule has 3 heteroatoms. The molecule has 0 saturated carbocycles. The maximum absolute atomic E-state index is 9.09. The van der Waals surface area contributed by atoms with E-state index in [4.69, 9.17) is 5.11 Å². The number of aliphatic hydroxyl groups is 1. The summed E-state index contributed by atoms with van der Waals surface area (Å²) in [7, 11) is 0. The van der Waals surface area contributed by atoms with E-state index in [1.807, 2.05) is 16.7 Å². The smallest absolute Gasteiger partial charge is 0.0952 e. The number of aryl methyl sites for hydroxylation is 1. The van der Waals surface area contributed by atoms with Crippen LogP contribution in [0.3, 0.4) is 0 Å². The third-order valence-corrected chi connectivity index (χ3v) is 2.56. The van der Waals surface area contributed by atoms with Crippen molar-refractivity contribution in [2.24, 2.45) is 0 Å². The Morgan fingerprint density at radius 2 is 2.13 bits per heavy atom. The van der Waals surface area contributed by atoms with Crippen molar-refractivity contribution in [3.63, 3.8) is 0 Å². The first kappa shape index (κ1) is 9.93. The van der Waals surface area contributed by atoms with E-state index < -0.39 is 0 Å². The van der Waals surface area contributed by atoms with Crippen LogP contribution in [-0.2, 0) is 13.2 Å². The molecule has 1 heterocycles. The highest BCUT2D eigenvalue weighted by Gasteiger charge is 2.02. The lowest BCUT2D eigenvalue weighted by molar-refractivity contribution is 0.271. The Balaban J connectivity index is 2.26. The van der Waals surface area contributed by atoms with Crippen molar-refractivity contribution in [1.29, 1.82) is 0 Å². The lowest BCUT2D eigenvalue weighted by Gasteiger charge is -2.08. The second-order valence-electron chi connectivity index (χ2n) is 3.60. The molecule has 1 N–H and O–H groups in total. The monoisotopic (exact) mass is 202 g/mol. The average Bonchev–Trinajstić information content (AvgIpc) is 2.69. The molecule has 0 aliphatic heterocycles. The second-order valence-corrected chi connectivity index (χ2v) is 3.60. The molecule has 2 aromatic rings. The van der Waals surface area contributed by atoms with Crippen LogP contribution in [-0.4, -0.2) is 14.7 Å². The fourth-order valence-corrected chi connectivity index (χ4v) is 1.59. The summed E-state index contributed by atoms with van der Waals surface area (Å²) in [5, 5.41) is 9.09. The highest BCUT2D eigenvalue weighted by atomic mass is 16.3. The SMILES string of the molecule is Cc1ccccc1Cn1cncc1CO. The molecule has 0 aliphatic rings. The van der Waals surface area contributed by atoms with Gasteiger partial charge in [-0.25, -0.2) is 4.98 Å². The number of nitrogens with zero attached hydrogens (tertiary/aromatic N) is 2. The summed E-state index contributed by atoms with van der Waals surface area (Å²) < 4.78 is 1.96. The summed E-state index contributed by atoms with van der Waals surface area (Å²) in [6, 6.07) is 8.24. The van der Waals surface area contributed by atoms with Crippen LogP contribution >= 0.6 is 0 Å². The van der Waals surface area contributed by atoms with Crippen molar-refractivity contribution >= 4 is 0 Å². The van der Waals surface area contributed by atoms with Crippen LogP contribution in [0.4, 0.5) is 0 Å². The maximum atomic E-state index is 9.09. The van der Waals surface area contributed by atoms with Crippen molar-refractivity contribution in [3.8, 4) is 0 Å². The molecular formula is C12H14N2O. The molecule has 15 heavy (non-hydrogen) atoms. The van der Waals surface area contributed by atoms with Crippen LogP contribution in [0.25, 0.3) is 0 Å². The van der Waals surface area contributed by atoms with Gasteiger partial charge in [0.15, 0.2) is 0 Å². The van der Waals surface area contributed by atoms with Gasteiger partial charge in [0, 0.05) is 6.54 Å². The van der Waals surface area contributed by atoms with Crippen molar-refractivity contribution < 1.29 is 5.11 Å². The van der Waals surface area contributed by atoms with Gasteiger partial charge < -0.3 is 9.67 Å². The highest BCUT2D eigenvalue weighted by molar-refractivity contribution is 5.26. The molecule has 0 fully saturated rings. The second kappa shape index (κ2) is 4.28. The van der Waals surface area contributed by atoms with Crippen LogP contribution < -0.4 is 0 Å². The summed E-state index contributed by atoms with van der Waals surface area (Å²) in [5.41, 5.74) is 3.36.